The Hall–Kier alpha value is -1.86. The highest BCUT2D eigenvalue weighted by molar-refractivity contribution is 7.92. The Morgan fingerprint density at radius 2 is 1.78 bits per heavy atom. The molecular weight excluding hydrogens is 336 g/mol. The third kappa shape index (κ3) is 4.80. The van der Waals surface area contributed by atoms with Crippen molar-refractivity contribution in [2.24, 2.45) is 5.92 Å². The fourth-order valence-electron chi connectivity index (χ4n) is 1.77. The van der Waals surface area contributed by atoms with Crippen molar-refractivity contribution < 1.29 is 8.42 Å². The predicted octanol–water partition coefficient (Wildman–Crippen LogP) is 3.31. The van der Waals surface area contributed by atoms with Crippen LogP contribution in [0, 0.1) is 12.8 Å². The third-order valence-corrected chi connectivity index (χ3v) is 4.81. The molecule has 0 bridgehead atoms. The van der Waals surface area contributed by atoms with Crippen molar-refractivity contribution in [2.75, 3.05) is 16.6 Å². The number of halogens is 1. The van der Waals surface area contributed by atoms with Crippen LogP contribution in [0.1, 0.15) is 19.4 Å². The number of nitrogens with zero attached hydrogens (tertiary/aromatic N) is 2. The van der Waals surface area contributed by atoms with E-state index in [9.17, 15) is 8.42 Å². The second-order valence-electron chi connectivity index (χ2n) is 5.60. The van der Waals surface area contributed by atoms with Crippen LogP contribution >= 0.6 is 11.6 Å². The van der Waals surface area contributed by atoms with Crippen LogP contribution in [0.2, 0.25) is 5.02 Å². The smallest absolute Gasteiger partial charge is 0.263 e. The average Bonchev–Trinajstić information content (AvgIpc) is 2.49. The van der Waals surface area contributed by atoms with E-state index in [1.54, 1.807) is 25.1 Å². The molecule has 1 heterocycles. The lowest BCUT2D eigenvalue weighted by atomic mass is 10.2. The second kappa shape index (κ2) is 7.14. The highest BCUT2D eigenvalue weighted by Gasteiger charge is 2.16. The zero-order chi connectivity index (χ0) is 17.0. The molecule has 2 N–H and O–H groups in total. The van der Waals surface area contributed by atoms with E-state index in [1.807, 2.05) is 0 Å². The number of rotatable bonds is 6. The number of benzene rings is 1. The van der Waals surface area contributed by atoms with Crippen LogP contribution < -0.4 is 10.0 Å². The summed E-state index contributed by atoms with van der Waals surface area (Å²) in [5.74, 6) is 1.24. The fourth-order valence-corrected chi connectivity index (χ4v) is 2.97. The first-order chi connectivity index (χ1) is 10.8. The Morgan fingerprint density at radius 3 is 2.35 bits per heavy atom. The van der Waals surface area contributed by atoms with E-state index in [2.05, 4.69) is 34.1 Å². The van der Waals surface area contributed by atoms with E-state index in [0.717, 1.165) is 6.54 Å². The number of nitrogens with one attached hydrogen (secondary N) is 2. The molecule has 23 heavy (non-hydrogen) atoms. The molecule has 8 heteroatoms. The minimum Gasteiger partial charge on any atom is -0.368 e. The van der Waals surface area contributed by atoms with Crippen LogP contribution in [-0.2, 0) is 10.0 Å². The van der Waals surface area contributed by atoms with Gasteiger partial charge in [0.05, 0.1) is 4.90 Å². The molecule has 0 radical (unpaired) electrons. The number of hydrogen-bond acceptors (Lipinski definition) is 5. The highest BCUT2D eigenvalue weighted by Crippen LogP contribution is 2.21. The minimum absolute atomic E-state index is 0.128. The van der Waals surface area contributed by atoms with Gasteiger partial charge in [-0.05, 0) is 48.7 Å². The lowest BCUT2D eigenvalue weighted by molar-refractivity contribution is 0.601. The summed E-state index contributed by atoms with van der Waals surface area (Å²) < 4.78 is 27.1. The van der Waals surface area contributed by atoms with E-state index < -0.39 is 10.0 Å². The molecule has 0 aliphatic carbocycles. The molecule has 6 nitrogen and oxygen atoms in total. The topological polar surface area (TPSA) is 84.0 Å². The molecule has 1 aromatic heterocycles. The molecular formula is C15H19ClN4O2S. The first-order valence-electron chi connectivity index (χ1n) is 7.14. The van der Waals surface area contributed by atoms with Crippen LogP contribution in [0.3, 0.4) is 0 Å². The molecule has 0 amide bonds. The number of hydrogen-bond donors (Lipinski definition) is 2. The summed E-state index contributed by atoms with van der Waals surface area (Å²) >= 11 is 5.92. The van der Waals surface area contributed by atoms with E-state index >= 15 is 0 Å². The maximum absolute atomic E-state index is 12.3. The van der Waals surface area contributed by atoms with Gasteiger partial charge in [-0.25, -0.2) is 8.42 Å². The van der Waals surface area contributed by atoms with Gasteiger partial charge in [0, 0.05) is 11.6 Å². The summed E-state index contributed by atoms with van der Waals surface area (Å²) in [6, 6.07) is 7.76. The second-order valence-corrected chi connectivity index (χ2v) is 7.68. The Kier molecular flexibility index (Phi) is 5.43. The molecule has 0 saturated carbocycles. The third-order valence-electron chi connectivity index (χ3n) is 3.03. The van der Waals surface area contributed by atoms with Crippen LogP contribution in [0.5, 0.6) is 0 Å². The molecule has 1 aromatic carbocycles. The van der Waals surface area contributed by atoms with Gasteiger partial charge in [0.15, 0.2) is 5.82 Å². The van der Waals surface area contributed by atoms with Gasteiger partial charge < -0.3 is 5.32 Å². The molecule has 2 rings (SSSR count). The first kappa shape index (κ1) is 17.5. The summed E-state index contributed by atoms with van der Waals surface area (Å²) in [6.45, 7) is 6.67. The largest absolute Gasteiger partial charge is 0.368 e. The Labute approximate surface area is 141 Å². The van der Waals surface area contributed by atoms with Crippen LogP contribution in [-0.4, -0.2) is 25.2 Å². The maximum atomic E-state index is 12.3. The zero-order valence-electron chi connectivity index (χ0n) is 13.2. The molecule has 0 unspecified atom stereocenters. The van der Waals surface area contributed by atoms with Gasteiger partial charge in [0.2, 0.25) is 0 Å². The number of sulfonamides is 1. The van der Waals surface area contributed by atoms with Crippen molar-refractivity contribution in [3.8, 4) is 0 Å². The van der Waals surface area contributed by atoms with Crippen molar-refractivity contribution in [3.05, 3.63) is 40.9 Å². The molecule has 0 fully saturated rings. The number of aryl methyl sites for hydroxylation is 1. The van der Waals surface area contributed by atoms with Crippen LogP contribution in [0.25, 0.3) is 0 Å². The standard InChI is InChI=1S/C15H19ClN4O2S/c1-10(2)9-17-14-6-7-15(19-18-14)20-23(21,22)12-4-5-13(16)11(3)8-12/h4-8,10H,9H2,1-3H3,(H,17,18)(H,19,20). The number of aromatic nitrogens is 2. The molecule has 124 valence electrons. The summed E-state index contributed by atoms with van der Waals surface area (Å²) in [5, 5.41) is 11.5. The van der Waals surface area contributed by atoms with Gasteiger partial charge in [0.25, 0.3) is 10.0 Å². The van der Waals surface area contributed by atoms with Crippen LogP contribution in [0.4, 0.5) is 11.6 Å². The quantitative estimate of drug-likeness (QED) is 0.831. The van der Waals surface area contributed by atoms with E-state index in [1.165, 1.54) is 12.1 Å². The normalized spacial score (nSPS) is 11.5. The van der Waals surface area contributed by atoms with Gasteiger partial charge in [-0.2, -0.15) is 0 Å². The molecule has 0 aliphatic rings. The SMILES string of the molecule is Cc1cc(S(=O)(=O)Nc2ccc(NCC(C)C)nn2)ccc1Cl. The molecule has 0 spiro atoms. The Bertz CT molecular complexity index is 777. The predicted molar refractivity (Wildman–Crippen MR) is 92.4 cm³/mol. The van der Waals surface area contributed by atoms with Crippen molar-refractivity contribution in [1.82, 2.24) is 10.2 Å². The van der Waals surface area contributed by atoms with Crippen molar-refractivity contribution in [1.29, 1.82) is 0 Å². The summed E-state index contributed by atoms with van der Waals surface area (Å²) in [6.07, 6.45) is 0. The van der Waals surface area contributed by atoms with Gasteiger partial charge >= 0.3 is 0 Å². The van der Waals surface area contributed by atoms with Crippen molar-refractivity contribution in [3.63, 3.8) is 0 Å². The molecule has 0 saturated heterocycles. The van der Waals surface area contributed by atoms with Gasteiger partial charge in [-0.1, -0.05) is 25.4 Å². The fraction of sp³-hybridized carbons (Fsp3) is 0.333. The Balaban J connectivity index is 2.12. The van der Waals surface area contributed by atoms with Crippen molar-refractivity contribution in [2.45, 2.75) is 25.7 Å². The van der Waals surface area contributed by atoms with E-state index in [-0.39, 0.29) is 10.7 Å². The zero-order valence-corrected chi connectivity index (χ0v) is 14.7. The van der Waals surface area contributed by atoms with Gasteiger partial charge in [-0.15, -0.1) is 10.2 Å². The maximum Gasteiger partial charge on any atom is 0.263 e. The summed E-state index contributed by atoms with van der Waals surface area (Å²) in [7, 11) is -3.72. The summed E-state index contributed by atoms with van der Waals surface area (Å²) in [5.41, 5.74) is 0.689. The highest BCUT2D eigenvalue weighted by atomic mass is 35.5. The van der Waals surface area contributed by atoms with Gasteiger partial charge in [-0.3, -0.25) is 4.72 Å². The van der Waals surface area contributed by atoms with E-state index in [4.69, 9.17) is 11.6 Å². The first-order valence-corrected chi connectivity index (χ1v) is 9.00. The lowest BCUT2D eigenvalue weighted by Crippen LogP contribution is -2.15. The van der Waals surface area contributed by atoms with Crippen LogP contribution in [0.15, 0.2) is 35.2 Å². The summed E-state index contributed by atoms with van der Waals surface area (Å²) in [4.78, 5) is 0.128. The molecule has 0 atom stereocenters. The minimum atomic E-state index is -3.72. The monoisotopic (exact) mass is 354 g/mol. The molecule has 2 aromatic rings. The molecule has 0 aliphatic heterocycles. The van der Waals surface area contributed by atoms with E-state index in [0.29, 0.717) is 22.3 Å². The average molecular weight is 355 g/mol. The lowest BCUT2D eigenvalue weighted by Gasteiger charge is -2.10. The number of anilines is 2. The van der Waals surface area contributed by atoms with Gasteiger partial charge in [0.1, 0.15) is 5.82 Å². The Morgan fingerprint density at radius 1 is 1.13 bits per heavy atom. The van der Waals surface area contributed by atoms with Crippen molar-refractivity contribution >= 4 is 33.3 Å².